The molecule has 6 aromatic carbocycles. The van der Waals surface area contributed by atoms with E-state index in [2.05, 4.69) is 10.6 Å². The molecular weight excluding hydrogens is 668 g/mol. The van der Waals surface area contributed by atoms with Crippen molar-refractivity contribution in [2.45, 2.75) is 0 Å². The fraction of sp³-hybridized carbons (Fsp3) is 0. The molecule has 0 radical (unpaired) electrons. The van der Waals surface area contributed by atoms with Gasteiger partial charge in [0.25, 0.3) is 11.4 Å². The van der Waals surface area contributed by atoms with Crippen LogP contribution in [0.5, 0.6) is 11.5 Å². The van der Waals surface area contributed by atoms with Gasteiger partial charge in [0.05, 0.1) is 21.2 Å². The van der Waals surface area contributed by atoms with Crippen molar-refractivity contribution in [3.8, 4) is 33.8 Å². The van der Waals surface area contributed by atoms with Gasteiger partial charge in [-0.3, -0.25) is 20.2 Å². The summed E-state index contributed by atoms with van der Waals surface area (Å²) in [7, 11) is 0. The van der Waals surface area contributed by atoms with E-state index in [0.717, 1.165) is 36.4 Å². The number of hydrogen-bond acceptors (Lipinski definition) is 8. The summed E-state index contributed by atoms with van der Waals surface area (Å²) in [4.78, 5) is 51.5. The van der Waals surface area contributed by atoms with Crippen LogP contribution >= 0.6 is 0 Å². The molecular formula is C38H28N6O8. The van der Waals surface area contributed by atoms with Gasteiger partial charge >= 0.3 is 12.1 Å². The Hall–Kier alpha value is -7.74. The lowest BCUT2D eigenvalue weighted by Gasteiger charge is -2.35. The molecule has 0 aliphatic rings. The predicted molar refractivity (Wildman–Crippen MR) is 196 cm³/mol. The standard InChI is InChI=1S/C38H28N6O8/c45-35-21-19-27(43(49)50)23-33(35)41(37(47)39-31-17-9-7-15-29(31)25-11-3-1-4-12-25)42(34-24-28(44(51)52)20-22-36(34)46)38(48)40-32-18-10-8-16-30(32)26-13-5-2-6-14-26/h1-24,45-46H,(H,39,47)(H,40,48). The first kappa shape index (κ1) is 34.1. The summed E-state index contributed by atoms with van der Waals surface area (Å²) in [5, 5.41) is 52.6. The maximum atomic E-state index is 14.6. The Bertz CT molecular complexity index is 2140. The van der Waals surface area contributed by atoms with Gasteiger partial charge in [0.15, 0.2) is 0 Å². The van der Waals surface area contributed by atoms with Gasteiger partial charge < -0.3 is 20.8 Å². The molecule has 0 heterocycles. The second-order valence-electron chi connectivity index (χ2n) is 11.2. The van der Waals surface area contributed by atoms with E-state index in [9.17, 15) is 40.0 Å². The Morgan fingerprint density at radius 1 is 0.500 bits per heavy atom. The lowest BCUT2D eigenvalue weighted by Crippen LogP contribution is -2.54. The number of aromatic hydroxyl groups is 2. The smallest absolute Gasteiger partial charge is 0.346 e. The molecule has 4 amide bonds. The van der Waals surface area contributed by atoms with Crippen LogP contribution in [0.3, 0.4) is 0 Å². The van der Waals surface area contributed by atoms with Crippen LogP contribution in [-0.2, 0) is 0 Å². The third kappa shape index (κ3) is 7.16. The molecule has 0 unspecified atom stereocenters. The van der Waals surface area contributed by atoms with Gasteiger partial charge in [-0.1, -0.05) is 97.1 Å². The number of para-hydroxylation sites is 2. The molecule has 0 aromatic heterocycles. The molecule has 0 bridgehead atoms. The van der Waals surface area contributed by atoms with E-state index in [1.807, 2.05) is 12.1 Å². The number of hydrogen-bond donors (Lipinski definition) is 4. The molecule has 0 fully saturated rings. The number of nitrogens with one attached hydrogen (secondary N) is 2. The van der Waals surface area contributed by atoms with Crippen molar-refractivity contribution >= 4 is 46.2 Å². The molecule has 0 aliphatic heterocycles. The summed E-state index contributed by atoms with van der Waals surface area (Å²) in [5.74, 6) is -1.35. The summed E-state index contributed by atoms with van der Waals surface area (Å²) in [5.41, 5.74) is 0.775. The molecule has 0 saturated carbocycles. The summed E-state index contributed by atoms with van der Waals surface area (Å²) >= 11 is 0. The number of phenolic OH excluding ortho intramolecular Hbond substituents is 2. The third-order valence-corrected chi connectivity index (χ3v) is 7.89. The molecule has 14 nitrogen and oxygen atoms in total. The van der Waals surface area contributed by atoms with Crippen molar-refractivity contribution in [3.63, 3.8) is 0 Å². The third-order valence-electron chi connectivity index (χ3n) is 7.89. The van der Waals surface area contributed by atoms with Crippen LogP contribution in [0.1, 0.15) is 0 Å². The number of nitro benzene ring substituents is 2. The zero-order valence-electron chi connectivity index (χ0n) is 27.0. The Morgan fingerprint density at radius 2 is 0.846 bits per heavy atom. The van der Waals surface area contributed by atoms with Crippen molar-refractivity contribution in [1.82, 2.24) is 0 Å². The minimum Gasteiger partial charge on any atom is -0.506 e. The number of amides is 4. The lowest BCUT2D eigenvalue weighted by atomic mass is 10.0. The van der Waals surface area contributed by atoms with E-state index in [1.54, 1.807) is 97.1 Å². The van der Waals surface area contributed by atoms with E-state index in [-0.39, 0.29) is 11.4 Å². The zero-order chi connectivity index (χ0) is 36.8. The van der Waals surface area contributed by atoms with Crippen molar-refractivity contribution in [2.24, 2.45) is 0 Å². The van der Waals surface area contributed by atoms with E-state index >= 15 is 0 Å². The number of rotatable bonds is 8. The Balaban J connectivity index is 1.56. The van der Waals surface area contributed by atoms with Crippen molar-refractivity contribution in [3.05, 3.63) is 166 Å². The van der Waals surface area contributed by atoms with Crippen LogP contribution in [0.25, 0.3) is 22.3 Å². The number of carbonyl (C=O) groups is 2. The van der Waals surface area contributed by atoms with Gasteiger partial charge in [-0.15, -0.1) is 0 Å². The first-order valence-electron chi connectivity index (χ1n) is 15.6. The molecule has 0 atom stereocenters. The van der Waals surface area contributed by atoms with Crippen LogP contribution in [0, 0.1) is 20.2 Å². The highest BCUT2D eigenvalue weighted by atomic mass is 16.6. The van der Waals surface area contributed by atoms with E-state index in [1.165, 1.54) is 0 Å². The van der Waals surface area contributed by atoms with Crippen LogP contribution in [0.15, 0.2) is 146 Å². The van der Waals surface area contributed by atoms with E-state index < -0.39 is 56.2 Å². The topological polar surface area (TPSA) is 191 Å². The van der Waals surface area contributed by atoms with Gasteiger partial charge in [0.1, 0.15) is 22.9 Å². The molecule has 52 heavy (non-hydrogen) atoms. The lowest BCUT2D eigenvalue weighted by molar-refractivity contribution is -0.385. The zero-order valence-corrected chi connectivity index (χ0v) is 27.0. The second-order valence-corrected chi connectivity index (χ2v) is 11.2. The number of urea groups is 2. The van der Waals surface area contributed by atoms with Crippen LogP contribution in [0.4, 0.5) is 43.7 Å². The van der Waals surface area contributed by atoms with Crippen molar-refractivity contribution in [1.29, 1.82) is 0 Å². The summed E-state index contributed by atoms with van der Waals surface area (Å²) in [6.45, 7) is 0. The highest BCUT2D eigenvalue weighted by Crippen LogP contribution is 2.40. The van der Waals surface area contributed by atoms with Gasteiger partial charge in [-0.05, 0) is 35.4 Å². The highest BCUT2D eigenvalue weighted by Gasteiger charge is 2.36. The number of nitrogens with zero attached hydrogens (tertiary/aromatic N) is 4. The van der Waals surface area contributed by atoms with E-state index in [4.69, 9.17) is 0 Å². The van der Waals surface area contributed by atoms with Crippen LogP contribution in [-0.4, -0.2) is 32.1 Å². The number of carbonyl (C=O) groups excluding carboxylic acids is 2. The Kier molecular flexibility index (Phi) is 9.71. The summed E-state index contributed by atoms with van der Waals surface area (Å²) < 4.78 is 0. The number of benzene rings is 6. The maximum Gasteiger partial charge on any atom is 0.346 e. The fourth-order valence-corrected chi connectivity index (χ4v) is 5.47. The molecule has 14 heteroatoms. The molecule has 0 aliphatic carbocycles. The highest BCUT2D eigenvalue weighted by molar-refractivity contribution is 6.15. The monoisotopic (exact) mass is 696 g/mol. The summed E-state index contributed by atoms with van der Waals surface area (Å²) in [6, 6.07) is 34.8. The number of anilines is 4. The maximum absolute atomic E-state index is 14.6. The minimum absolute atomic E-state index is 0.242. The predicted octanol–water partition coefficient (Wildman–Crippen LogP) is 8.94. The fourth-order valence-electron chi connectivity index (χ4n) is 5.47. The molecule has 258 valence electrons. The van der Waals surface area contributed by atoms with Crippen molar-refractivity contribution in [2.75, 3.05) is 20.7 Å². The van der Waals surface area contributed by atoms with E-state index in [0.29, 0.717) is 32.3 Å². The van der Waals surface area contributed by atoms with Gasteiger partial charge in [-0.2, -0.15) is 10.0 Å². The molecule has 6 rings (SSSR count). The molecule has 6 aromatic rings. The number of nitro groups is 2. The Labute approximate surface area is 295 Å². The largest absolute Gasteiger partial charge is 0.506 e. The number of non-ortho nitro benzene ring substituents is 2. The minimum atomic E-state index is -1.14. The van der Waals surface area contributed by atoms with Crippen LogP contribution < -0.4 is 20.7 Å². The average molecular weight is 697 g/mol. The summed E-state index contributed by atoms with van der Waals surface area (Å²) in [6.07, 6.45) is 0. The van der Waals surface area contributed by atoms with Gasteiger partial charge in [-0.25, -0.2) is 9.59 Å². The first-order valence-corrected chi connectivity index (χ1v) is 15.6. The molecule has 0 saturated heterocycles. The quantitative estimate of drug-likeness (QED) is 0.0895. The van der Waals surface area contributed by atoms with Gasteiger partial charge in [0.2, 0.25) is 0 Å². The number of hydrazine groups is 1. The number of phenols is 2. The molecule has 4 N–H and O–H groups in total. The average Bonchev–Trinajstić information content (AvgIpc) is 3.15. The normalized spacial score (nSPS) is 10.5. The SMILES string of the molecule is O=C(Nc1ccccc1-c1ccccc1)N(c1cc([N+](=O)[O-])ccc1O)N(C(=O)Nc1ccccc1-c1ccccc1)c1cc([N+](=O)[O-])ccc1O. The Morgan fingerprint density at radius 3 is 1.21 bits per heavy atom. The van der Waals surface area contributed by atoms with Crippen LogP contribution in [0.2, 0.25) is 0 Å². The first-order chi connectivity index (χ1) is 25.1. The van der Waals surface area contributed by atoms with Gasteiger partial charge in [0, 0.05) is 35.4 Å². The second kappa shape index (κ2) is 14.8. The van der Waals surface area contributed by atoms with Crippen molar-refractivity contribution < 1.29 is 29.6 Å². The molecule has 0 spiro atoms.